The van der Waals surface area contributed by atoms with Crippen molar-refractivity contribution in [3.63, 3.8) is 0 Å². The minimum Gasteiger partial charge on any atom is -0.455 e. The van der Waals surface area contributed by atoms with Crippen molar-refractivity contribution in [3.05, 3.63) is 30.5 Å². The molecule has 1 aliphatic heterocycles. The highest BCUT2D eigenvalue weighted by Gasteiger charge is 2.54. The number of unbranched alkanes of at least 4 members (excludes halogenated alkanes) is 1. The van der Waals surface area contributed by atoms with E-state index in [1.54, 1.807) is 31.5 Å². The van der Waals surface area contributed by atoms with Crippen LogP contribution in [0.5, 0.6) is 0 Å². The summed E-state index contributed by atoms with van der Waals surface area (Å²) >= 11 is 0. The first-order valence-electron chi connectivity index (χ1n) is 17.2. The lowest BCUT2D eigenvalue weighted by Crippen LogP contribution is -2.66. The Labute approximate surface area is 296 Å². The maximum atomic E-state index is 16.3. The van der Waals surface area contributed by atoms with Crippen molar-refractivity contribution in [3.8, 4) is 23.8 Å². The van der Waals surface area contributed by atoms with Crippen molar-refractivity contribution in [1.82, 2.24) is 25.6 Å². The van der Waals surface area contributed by atoms with Crippen LogP contribution in [0.25, 0.3) is 11.3 Å². The standard InChI is InChI=1S/C36H53BF2N6O5/c1-10-28-36(8,49-11-2)30(41-17-12-13-18-45-20-27(43-44-45)25-15-14-16-26(40)19-25)24(4)42-22-33(5,38)21-34(6,48-9)29(37)23(3)31(46)35(7,39)32(47)50-28/h2,14-16,19-20,23-24,28-30,41-42H,10,12-13,17-18,21-22,40H2,1,3-9H3/t23-,24-,28-,29-,30-,33?,34-,35+,36-/m1/s1. The number of aryl methyl sites for hydroxylation is 1. The lowest BCUT2D eigenvalue weighted by Gasteiger charge is -2.44. The van der Waals surface area contributed by atoms with Gasteiger partial charge in [-0.2, -0.15) is 0 Å². The molecular formula is C36H53BF2N6O5. The number of nitrogen functional groups attached to an aromatic ring is 1. The van der Waals surface area contributed by atoms with E-state index in [2.05, 4.69) is 27.1 Å². The van der Waals surface area contributed by atoms with E-state index in [-0.39, 0.29) is 19.4 Å². The van der Waals surface area contributed by atoms with Gasteiger partial charge >= 0.3 is 5.97 Å². The smallest absolute Gasteiger partial charge is 0.351 e. The summed E-state index contributed by atoms with van der Waals surface area (Å²) in [4.78, 5) is 26.9. The Morgan fingerprint density at radius 1 is 1.22 bits per heavy atom. The number of hydrogen-bond acceptors (Lipinski definition) is 10. The molecule has 2 heterocycles. The van der Waals surface area contributed by atoms with Gasteiger partial charge in [-0.3, -0.25) is 9.48 Å². The summed E-state index contributed by atoms with van der Waals surface area (Å²) < 4.78 is 51.5. The van der Waals surface area contributed by atoms with Gasteiger partial charge in [-0.25, -0.2) is 13.6 Å². The van der Waals surface area contributed by atoms with Crippen LogP contribution in [0.4, 0.5) is 14.5 Å². The highest BCUT2D eigenvalue weighted by Crippen LogP contribution is 2.41. The number of alkyl halides is 2. The molecule has 1 fully saturated rings. The third-order valence-electron chi connectivity index (χ3n) is 10.0. The van der Waals surface area contributed by atoms with E-state index in [1.807, 2.05) is 31.3 Å². The maximum Gasteiger partial charge on any atom is 0.351 e. The van der Waals surface area contributed by atoms with E-state index < -0.39 is 64.2 Å². The molecule has 0 aliphatic carbocycles. The van der Waals surface area contributed by atoms with Gasteiger partial charge in [0, 0.05) is 49.8 Å². The second-order valence-corrected chi connectivity index (χ2v) is 14.3. The number of hydrogen-bond donors (Lipinski definition) is 3. The average Bonchev–Trinajstić information content (AvgIpc) is 3.55. The number of esters is 1. The van der Waals surface area contributed by atoms with Crippen molar-refractivity contribution in [1.29, 1.82) is 0 Å². The molecule has 1 aliphatic rings. The summed E-state index contributed by atoms with van der Waals surface area (Å²) in [6.45, 7) is 11.4. The Morgan fingerprint density at radius 2 is 1.92 bits per heavy atom. The number of Topliss-reactive ketones (excluding diaryl/α,β-unsaturated/α-hetero) is 1. The Morgan fingerprint density at radius 3 is 2.54 bits per heavy atom. The first-order chi connectivity index (χ1) is 23.3. The summed E-state index contributed by atoms with van der Waals surface area (Å²) in [6, 6.07) is 6.21. The lowest BCUT2D eigenvalue weighted by atomic mass is 9.62. The molecule has 0 spiro atoms. The molecule has 3 rings (SSSR count). The van der Waals surface area contributed by atoms with Crippen LogP contribution in [-0.2, 0) is 30.3 Å². The Balaban J connectivity index is 1.88. The fraction of sp³-hybridized carbons (Fsp3) is 0.667. The van der Waals surface area contributed by atoms with Gasteiger partial charge in [0.05, 0.1) is 25.7 Å². The number of carbonyl (C=O) groups excluding carboxylic acids is 2. The number of ketones is 1. The maximum absolute atomic E-state index is 16.3. The molecule has 14 heteroatoms. The number of carbonyl (C=O) groups is 2. The van der Waals surface area contributed by atoms with E-state index in [0.717, 1.165) is 18.9 Å². The number of halogens is 2. The second-order valence-electron chi connectivity index (χ2n) is 14.3. The molecule has 4 N–H and O–H groups in total. The molecular weight excluding hydrogens is 645 g/mol. The normalized spacial score (nSPS) is 34.6. The molecule has 2 aromatic rings. The van der Waals surface area contributed by atoms with Crippen LogP contribution in [-0.4, -0.2) is 95.5 Å². The molecule has 274 valence electrons. The molecule has 0 bridgehead atoms. The predicted molar refractivity (Wildman–Crippen MR) is 190 cm³/mol. The topological polar surface area (TPSA) is 143 Å². The van der Waals surface area contributed by atoms with Gasteiger partial charge in [0.1, 0.15) is 23.6 Å². The largest absolute Gasteiger partial charge is 0.455 e. The Kier molecular flexibility index (Phi) is 13.6. The predicted octanol–water partition coefficient (Wildman–Crippen LogP) is 4.36. The van der Waals surface area contributed by atoms with E-state index in [1.165, 1.54) is 21.0 Å². The van der Waals surface area contributed by atoms with Gasteiger partial charge in [-0.1, -0.05) is 37.6 Å². The Hall–Kier alpha value is -3.54. The van der Waals surface area contributed by atoms with E-state index in [0.29, 0.717) is 30.9 Å². The molecule has 1 unspecified atom stereocenters. The number of anilines is 1. The van der Waals surface area contributed by atoms with Crippen molar-refractivity contribution >= 4 is 25.3 Å². The first-order valence-corrected chi connectivity index (χ1v) is 17.2. The fourth-order valence-electron chi connectivity index (χ4n) is 6.90. The monoisotopic (exact) mass is 698 g/mol. The summed E-state index contributed by atoms with van der Waals surface area (Å²) in [5, 5.41) is 15.2. The zero-order valence-corrected chi connectivity index (χ0v) is 30.6. The minimum absolute atomic E-state index is 0.133. The van der Waals surface area contributed by atoms with E-state index in [4.69, 9.17) is 34.2 Å². The molecule has 11 nitrogen and oxygen atoms in total. The van der Waals surface area contributed by atoms with Gasteiger partial charge in [0.15, 0.2) is 11.4 Å². The number of terminal acetylenes is 1. The van der Waals surface area contributed by atoms with Crippen molar-refractivity contribution < 1.29 is 32.6 Å². The molecule has 1 aromatic carbocycles. The highest BCUT2D eigenvalue weighted by atomic mass is 19.1. The number of benzene rings is 1. The third-order valence-corrected chi connectivity index (χ3v) is 10.0. The highest BCUT2D eigenvalue weighted by molar-refractivity contribution is 6.17. The molecule has 1 aromatic heterocycles. The zero-order chi connectivity index (χ0) is 37.5. The van der Waals surface area contributed by atoms with E-state index in [9.17, 15) is 9.59 Å². The molecule has 0 amide bonds. The molecule has 1 saturated heterocycles. The summed E-state index contributed by atoms with van der Waals surface area (Å²) in [5.41, 5.74) is 0.338. The fourth-order valence-corrected chi connectivity index (χ4v) is 6.90. The summed E-state index contributed by atoms with van der Waals surface area (Å²) in [6.07, 6.45) is 9.98. The van der Waals surface area contributed by atoms with Crippen LogP contribution < -0.4 is 16.4 Å². The van der Waals surface area contributed by atoms with E-state index >= 15 is 8.78 Å². The number of methoxy groups -OCH3 is 1. The van der Waals surface area contributed by atoms with Crippen LogP contribution in [0.1, 0.15) is 74.1 Å². The molecule has 50 heavy (non-hydrogen) atoms. The molecule has 2 radical (unpaired) electrons. The number of aromatic nitrogens is 3. The van der Waals surface area contributed by atoms with Crippen LogP contribution >= 0.6 is 0 Å². The van der Waals surface area contributed by atoms with Crippen LogP contribution in [0, 0.1) is 18.4 Å². The SMILES string of the molecule is [B][C@@H]1[C@@H](C)C(=O)[C@](C)(F)C(=O)O[C@H](CC)[C@@](C)(OC#C)[C@H](NCCCCn2cc(-c3cccc(N)c3)nn2)[C@@H](C)NCC(C)(F)C[C@@]1(C)OC. The van der Waals surface area contributed by atoms with Crippen LogP contribution in [0.2, 0.25) is 5.82 Å². The van der Waals surface area contributed by atoms with Crippen molar-refractivity contribution in [2.45, 2.75) is 127 Å². The number of cyclic esters (lactones) is 1. The van der Waals surface area contributed by atoms with Gasteiger partial charge < -0.3 is 30.6 Å². The number of nitrogens with zero attached hydrogens (tertiary/aromatic N) is 3. The lowest BCUT2D eigenvalue weighted by molar-refractivity contribution is -0.182. The van der Waals surface area contributed by atoms with Crippen molar-refractivity contribution in [2.75, 3.05) is 25.9 Å². The van der Waals surface area contributed by atoms with Gasteiger partial charge in [-0.15, -0.1) is 5.10 Å². The van der Waals surface area contributed by atoms with Crippen LogP contribution in [0.15, 0.2) is 30.5 Å². The number of nitrogens with one attached hydrogen (secondary N) is 2. The molecule has 0 saturated carbocycles. The second kappa shape index (κ2) is 16.7. The average molecular weight is 699 g/mol. The third kappa shape index (κ3) is 9.41. The number of nitrogens with two attached hydrogens (primary N) is 1. The van der Waals surface area contributed by atoms with Gasteiger partial charge in [-0.05, 0) is 78.4 Å². The molecule has 9 atom stereocenters. The zero-order valence-electron chi connectivity index (χ0n) is 30.6. The van der Waals surface area contributed by atoms with Crippen molar-refractivity contribution in [2.24, 2.45) is 5.92 Å². The number of rotatable bonds is 10. The first kappa shape index (κ1) is 40.9. The Bertz CT molecular complexity index is 1500. The summed E-state index contributed by atoms with van der Waals surface area (Å²) in [5.74, 6) is -4.86. The van der Waals surface area contributed by atoms with Gasteiger partial charge in [0.25, 0.3) is 5.67 Å². The van der Waals surface area contributed by atoms with Gasteiger partial charge in [0.2, 0.25) is 0 Å². The summed E-state index contributed by atoms with van der Waals surface area (Å²) in [7, 11) is 7.80. The minimum atomic E-state index is -3.07. The quantitative estimate of drug-likeness (QED) is 0.0819. The van der Waals surface area contributed by atoms with Crippen LogP contribution in [0.3, 0.4) is 0 Å². The number of ether oxygens (including phenoxy) is 3.